The van der Waals surface area contributed by atoms with Gasteiger partial charge in [-0.1, -0.05) is 94.8 Å². The highest BCUT2D eigenvalue weighted by Crippen LogP contribution is 2.28. The maximum Gasteiger partial charge on any atom is 0.226 e. The van der Waals surface area contributed by atoms with E-state index in [2.05, 4.69) is 48.4 Å². The molecule has 1 unspecified atom stereocenters. The Bertz CT molecular complexity index is 1110. The second-order valence-electron chi connectivity index (χ2n) is 10.6. The molecule has 1 saturated carbocycles. The maximum absolute atomic E-state index is 13.2. The lowest BCUT2D eigenvalue weighted by Crippen LogP contribution is -2.36. The van der Waals surface area contributed by atoms with E-state index in [1.165, 1.54) is 24.1 Å². The van der Waals surface area contributed by atoms with Crippen molar-refractivity contribution in [1.29, 1.82) is 0 Å². The van der Waals surface area contributed by atoms with Gasteiger partial charge in [-0.05, 0) is 48.4 Å². The number of hydrogen-bond acceptors (Lipinski definition) is 4. The van der Waals surface area contributed by atoms with E-state index >= 15 is 0 Å². The van der Waals surface area contributed by atoms with Crippen LogP contribution < -0.4 is 5.32 Å². The summed E-state index contributed by atoms with van der Waals surface area (Å²) < 4.78 is 31.6. The third kappa shape index (κ3) is 10.2. The lowest BCUT2D eigenvalue weighted by Gasteiger charge is -2.27. The number of benzene rings is 2. The van der Waals surface area contributed by atoms with Crippen LogP contribution in [0.4, 0.5) is 8.78 Å². The minimum atomic E-state index is -0.593. The monoisotopic (exact) mass is 539 g/mol. The molecule has 1 aliphatic carbocycles. The summed E-state index contributed by atoms with van der Waals surface area (Å²) in [6.45, 7) is 6.49. The van der Waals surface area contributed by atoms with Crippen molar-refractivity contribution >= 4 is 5.91 Å². The van der Waals surface area contributed by atoms with Crippen molar-refractivity contribution in [1.82, 2.24) is 15.5 Å². The van der Waals surface area contributed by atoms with Gasteiger partial charge in [0.25, 0.3) is 0 Å². The molecular weight excluding hydrogens is 496 g/mol. The SMILES string of the molecule is CCCC(CCC)Cc1nc(Cc2cc(F)cc(F)c2)no1.CCCC(NC(=O)C1CCC1)c1ccccc1. The second kappa shape index (κ2) is 16.1. The summed E-state index contributed by atoms with van der Waals surface area (Å²) in [5.74, 6) is 0.964. The Labute approximate surface area is 231 Å². The number of aromatic nitrogens is 2. The summed E-state index contributed by atoms with van der Waals surface area (Å²) in [6.07, 6.45) is 11.0. The number of carbonyl (C=O) groups is 1. The van der Waals surface area contributed by atoms with Crippen molar-refractivity contribution in [2.75, 3.05) is 0 Å². The minimum Gasteiger partial charge on any atom is -0.349 e. The molecule has 4 rings (SSSR count). The Hall–Kier alpha value is -3.09. The first kappa shape index (κ1) is 30.5. The van der Waals surface area contributed by atoms with Crippen molar-refractivity contribution < 1.29 is 18.1 Å². The third-order valence-corrected chi connectivity index (χ3v) is 7.22. The minimum absolute atomic E-state index is 0.189. The van der Waals surface area contributed by atoms with Crippen LogP contribution in [-0.4, -0.2) is 16.0 Å². The van der Waals surface area contributed by atoms with Crippen molar-refractivity contribution in [2.45, 2.75) is 97.4 Å². The molecule has 1 aliphatic rings. The molecule has 5 nitrogen and oxygen atoms in total. The Morgan fingerprint density at radius 1 is 0.974 bits per heavy atom. The van der Waals surface area contributed by atoms with Gasteiger partial charge < -0.3 is 9.84 Å². The highest BCUT2D eigenvalue weighted by Gasteiger charge is 2.27. The lowest BCUT2D eigenvalue weighted by molar-refractivity contribution is -0.128. The molecule has 0 saturated heterocycles. The number of halogens is 2. The van der Waals surface area contributed by atoms with Crippen molar-refractivity contribution in [2.24, 2.45) is 11.8 Å². The summed E-state index contributed by atoms with van der Waals surface area (Å²) >= 11 is 0. The zero-order chi connectivity index (χ0) is 28.0. The highest BCUT2D eigenvalue weighted by molar-refractivity contribution is 5.79. The Balaban J connectivity index is 0.000000223. The van der Waals surface area contributed by atoms with Crippen LogP contribution in [0, 0.1) is 23.5 Å². The number of rotatable bonds is 13. The van der Waals surface area contributed by atoms with Crippen LogP contribution in [0.5, 0.6) is 0 Å². The smallest absolute Gasteiger partial charge is 0.226 e. The summed E-state index contributed by atoms with van der Waals surface area (Å²) in [6, 6.07) is 13.9. The average Bonchev–Trinajstić information content (AvgIpc) is 3.30. The van der Waals surface area contributed by atoms with Crippen LogP contribution in [0.1, 0.15) is 107 Å². The number of amides is 1. The van der Waals surface area contributed by atoms with E-state index < -0.39 is 11.6 Å². The molecule has 2 aromatic carbocycles. The van der Waals surface area contributed by atoms with Gasteiger partial charge in [-0.15, -0.1) is 0 Å². The van der Waals surface area contributed by atoms with E-state index in [1.807, 2.05) is 18.2 Å². The molecule has 0 spiro atoms. The first-order valence-corrected chi connectivity index (χ1v) is 14.5. The molecule has 0 radical (unpaired) electrons. The predicted molar refractivity (Wildman–Crippen MR) is 150 cm³/mol. The van der Waals surface area contributed by atoms with Gasteiger partial charge in [0.2, 0.25) is 11.8 Å². The molecule has 1 heterocycles. The first-order chi connectivity index (χ1) is 18.9. The maximum atomic E-state index is 13.2. The summed E-state index contributed by atoms with van der Waals surface area (Å²) in [7, 11) is 0. The van der Waals surface area contributed by atoms with Crippen LogP contribution in [-0.2, 0) is 17.6 Å². The lowest BCUT2D eigenvalue weighted by atomic mass is 9.84. The third-order valence-electron chi connectivity index (χ3n) is 7.22. The van der Waals surface area contributed by atoms with E-state index in [-0.39, 0.29) is 24.3 Å². The molecule has 0 aliphatic heterocycles. The fraction of sp³-hybridized carbons (Fsp3) is 0.531. The van der Waals surface area contributed by atoms with Crippen molar-refractivity contribution in [3.05, 3.63) is 83.0 Å². The van der Waals surface area contributed by atoms with Gasteiger partial charge in [0.1, 0.15) is 11.6 Å². The van der Waals surface area contributed by atoms with E-state index in [0.29, 0.717) is 23.2 Å². The summed E-state index contributed by atoms with van der Waals surface area (Å²) in [5, 5.41) is 7.11. The van der Waals surface area contributed by atoms with Crippen LogP contribution in [0.15, 0.2) is 53.1 Å². The fourth-order valence-electron chi connectivity index (χ4n) is 5.01. The number of carbonyl (C=O) groups excluding carboxylic acids is 1. The van der Waals surface area contributed by atoms with Gasteiger partial charge in [0.05, 0.1) is 6.04 Å². The number of nitrogens with one attached hydrogen (secondary N) is 1. The van der Waals surface area contributed by atoms with E-state index in [4.69, 9.17) is 4.52 Å². The largest absolute Gasteiger partial charge is 0.349 e. The highest BCUT2D eigenvalue weighted by atomic mass is 19.1. The van der Waals surface area contributed by atoms with Gasteiger partial charge in [-0.2, -0.15) is 4.98 Å². The summed E-state index contributed by atoms with van der Waals surface area (Å²) in [5.41, 5.74) is 1.73. The molecule has 212 valence electrons. The van der Waals surface area contributed by atoms with Gasteiger partial charge >= 0.3 is 0 Å². The molecule has 0 bridgehead atoms. The molecule has 1 N–H and O–H groups in total. The van der Waals surface area contributed by atoms with E-state index in [9.17, 15) is 13.6 Å². The molecular formula is C32H43F2N3O2. The molecule has 1 amide bonds. The van der Waals surface area contributed by atoms with Crippen LogP contribution >= 0.6 is 0 Å². The number of nitrogens with zero attached hydrogens (tertiary/aromatic N) is 2. The first-order valence-electron chi connectivity index (χ1n) is 14.5. The predicted octanol–water partition coefficient (Wildman–Crippen LogP) is 8.14. The van der Waals surface area contributed by atoms with Crippen LogP contribution in [0.3, 0.4) is 0 Å². The molecule has 7 heteroatoms. The van der Waals surface area contributed by atoms with E-state index in [1.54, 1.807) is 0 Å². The molecule has 3 aromatic rings. The van der Waals surface area contributed by atoms with Gasteiger partial charge in [0, 0.05) is 24.8 Å². The van der Waals surface area contributed by atoms with Crippen LogP contribution in [0.2, 0.25) is 0 Å². The standard InChI is InChI=1S/C17H22F2N2O.C15H21NO/c1-3-5-12(6-4-2)10-17-20-16(21-22-17)9-13-7-14(18)11-15(19)8-13;1-2-7-14(12-8-4-3-5-9-12)16-15(17)13-10-6-11-13/h7-8,11-12H,3-6,9-10H2,1-2H3;3-5,8-9,13-14H,2,6-7,10-11H2,1H3,(H,16,17). The average molecular weight is 540 g/mol. The Morgan fingerprint density at radius 3 is 2.18 bits per heavy atom. The Morgan fingerprint density at radius 2 is 1.62 bits per heavy atom. The van der Waals surface area contributed by atoms with Crippen LogP contribution in [0.25, 0.3) is 0 Å². The van der Waals surface area contributed by atoms with Crippen molar-refractivity contribution in [3.63, 3.8) is 0 Å². The molecule has 39 heavy (non-hydrogen) atoms. The summed E-state index contributed by atoms with van der Waals surface area (Å²) in [4.78, 5) is 16.3. The zero-order valence-corrected chi connectivity index (χ0v) is 23.6. The van der Waals surface area contributed by atoms with Crippen molar-refractivity contribution in [3.8, 4) is 0 Å². The van der Waals surface area contributed by atoms with Gasteiger partial charge in [-0.25, -0.2) is 8.78 Å². The number of hydrogen-bond donors (Lipinski definition) is 1. The molecule has 1 aromatic heterocycles. The topological polar surface area (TPSA) is 68.0 Å². The van der Waals surface area contributed by atoms with Gasteiger partial charge in [0.15, 0.2) is 5.82 Å². The van der Waals surface area contributed by atoms with Gasteiger partial charge in [-0.3, -0.25) is 4.79 Å². The Kier molecular flexibility index (Phi) is 12.6. The molecule has 1 atom stereocenters. The molecule has 1 fully saturated rings. The zero-order valence-electron chi connectivity index (χ0n) is 23.6. The normalized spacial score (nSPS) is 13.9. The quantitative estimate of drug-likeness (QED) is 0.238. The fourth-order valence-corrected chi connectivity index (χ4v) is 5.01. The second-order valence-corrected chi connectivity index (χ2v) is 10.6. The van der Waals surface area contributed by atoms with E-state index in [0.717, 1.165) is 63.9 Å².